The van der Waals surface area contributed by atoms with Gasteiger partial charge in [0.1, 0.15) is 5.75 Å². The summed E-state index contributed by atoms with van der Waals surface area (Å²) in [6.07, 6.45) is 0. The zero-order valence-electron chi connectivity index (χ0n) is 11.7. The van der Waals surface area contributed by atoms with Crippen molar-refractivity contribution < 1.29 is 14.6 Å². The van der Waals surface area contributed by atoms with Crippen LogP contribution in [0.1, 0.15) is 12.5 Å². The smallest absolute Gasteiger partial charge is 0.162 e. The first-order valence-corrected chi connectivity index (χ1v) is 6.56. The lowest BCUT2D eigenvalue weighted by Gasteiger charge is -2.12. The summed E-state index contributed by atoms with van der Waals surface area (Å²) in [5.74, 6) is 1.52. The monoisotopic (exact) mass is 273 g/mol. The van der Waals surface area contributed by atoms with Crippen LogP contribution in [0.5, 0.6) is 17.2 Å². The van der Waals surface area contributed by atoms with Gasteiger partial charge in [-0.3, -0.25) is 0 Å². The van der Waals surface area contributed by atoms with E-state index < -0.39 is 0 Å². The first kappa shape index (κ1) is 14.1. The van der Waals surface area contributed by atoms with E-state index in [9.17, 15) is 5.11 Å². The fraction of sp³-hybridized carbons (Fsp3) is 0.250. The van der Waals surface area contributed by atoms with E-state index in [1.54, 1.807) is 13.2 Å². The Kier molecular flexibility index (Phi) is 4.71. The SMILES string of the molecule is CCOc1cccc(CNc2ccc(OC)cc2)c1O. The quantitative estimate of drug-likeness (QED) is 0.846. The van der Waals surface area contributed by atoms with Crippen molar-refractivity contribution in [2.45, 2.75) is 13.5 Å². The second kappa shape index (κ2) is 6.70. The Morgan fingerprint density at radius 3 is 2.50 bits per heavy atom. The summed E-state index contributed by atoms with van der Waals surface area (Å²) in [6, 6.07) is 13.1. The number of rotatable bonds is 6. The fourth-order valence-corrected chi connectivity index (χ4v) is 1.89. The van der Waals surface area contributed by atoms with Gasteiger partial charge >= 0.3 is 0 Å². The number of hydrogen-bond donors (Lipinski definition) is 2. The van der Waals surface area contributed by atoms with E-state index in [1.165, 1.54) is 0 Å². The van der Waals surface area contributed by atoms with E-state index in [0.29, 0.717) is 18.9 Å². The molecule has 0 aliphatic carbocycles. The van der Waals surface area contributed by atoms with Crippen LogP contribution in [0, 0.1) is 0 Å². The van der Waals surface area contributed by atoms with Gasteiger partial charge in [-0.2, -0.15) is 0 Å². The number of phenolic OH excluding ortho intramolecular Hbond substituents is 1. The van der Waals surface area contributed by atoms with Crippen molar-refractivity contribution >= 4 is 5.69 Å². The molecule has 0 spiro atoms. The number of methoxy groups -OCH3 is 1. The van der Waals surface area contributed by atoms with E-state index in [0.717, 1.165) is 17.0 Å². The molecule has 2 rings (SSSR count). The fourth-order valence-electron chi connectivity index (χ4n) is 1.89. The number of phenols is 1. The lowest BCUT2D eigenvalue weighted by Crippen LogP contribution is -2.01. The summed E-state index contributed by atoms with van der Waals surface area (Å²) in [4.78, 5) is 0. The Morgan fingerprint density at radius 1 is 1.10 bits per heavy atom. The van der Waals surface area contributed by atoms with E-state index in [2.05, 4.69) is 5.32 Å². The third kappa shape index (κ3) is 3.35. The Labute approximate surface area is 119 Å². The minimum absolute atomic E-state index is 0.190. The van der Waals surface area contributed by atoms with Crippen molar-refractivity contribution in [3.63, 3.8) is 0 Å². The number of aromatic hydroxyl groups is 1. The molecule has 0 aliphatic heterocycles. The molecule has 0 bridgehead atoms. The van der Waals surface area contributed by atoms with Crippen molar-refractivity contribution in [1.29, 1.82) is 0 Å². The molecule has 4 heteroatoms. The van der Waals surface area contributed by atoms with Gasteiger partial charge in [0.25, 0.3) is 0 Å². The van der Waals surface area contributed by atoms with Gasteiger partial charge in [-0.15, -0.1) is 0 Å². The van der Waals surface area contributed by atoms with Gasteiger partial charge in [0.2, 0.25) is 0 Å². The minimum Gasteiger partial charge on any atom is -0.504 e. The summed E-state index contributed by atoms with van der Waals surface area (Å²) in [5, 5.41) is 13.3. The molecule has 2 N–H and O–H groups in total. The average molecular weight is 273 g/mol. The molecule has 0 aliphatic rings. The number of benzene rings is 2. The first-order valence-electron chi connectivity index (χ1n) is 6.56. The highest BCUT2D eigenvalue weighted by molar-refractivity contribution is 5.50. The Bertz CT molecular complexity index is 552. The number of para-hydroxylation sites is 1. The molecule has 0 atom stereocenters. The molecule has 0 fully saturated rings. The van der Waals surface area contributed by atoms with Gasteiger partial charge < -0.3 is 19.9 Å². The van der Waals surface area contributed by atoms with Crippen LogP contribution < -0.4 is 14.8 Å². The highest BCUT2D eigenvalue weighted by Gasteiger charge is 2.07. The maximum Gasteiger partial charge on any atom is 0.162 e. The van der Waals surface area contributed by atoms with Crippen molar-refractivity contribution in [3.8, 4) is 17.2 Å². The second-order valence-corrected chi connectivity index (χ2v) is 4.28. The lowest BCUT2D eigenvalue weighted by atomic mass is 10.2. The van der Waals surface area contributed by atoms with Gasteiger partial charge in [-0.05, 0) is 37.3 Å². The van der Waals surface area contributed by atoms with Crippen LogP contribution in [0.3, 0.4) is 0 Å². The van der Waals surface area contributed by atoms with Gasteiger partial charge in [-0.1, -0.05) is 12.1 Å². The van der Waals surface area contributed by atoms with Crippen molar-refractivity contribution in [1.82, 2.24) is 0 Å². The highest BCUT2D eigenvalue weighted by atomic mass is 16.5. The Hall–Kier alpha value is -2.36. The molecule has 0 saturated carbocycles. The van der Waals surface area contributed by atoms with Crippen LogP contribution in [-0.2, 0) is 6.54 Å². The molecular weight excluding hydrogens is 254 g/mol. The number of ether oxygens (including phenoxy) is 2. The zero-order valence-corrected chi connectivity index (χ0v) is 11.7. The second-order valence-electron chi connectivity index (χ2n) is 4.28. The summed E-state index contributed by atoms with van der Waals surface area (Å²) >= 11 is 0. The normalized spacial score (nSPS) is 10.1. The van der Waals surface area contributed by atoms with Crippen LogP contribution in [0.4, 0.5) is 5.69 Å². The number of hydrogen-bond acceptors (Lipinski definition) is 4. The predicted octanol–water partition coefficient (Wildman–Crippen LogP) is 3.41. The lowest BCUT2D eigenvalue weighted by molar-refractivity contribution is 0.317. The van der Waals surface area contributed by atoms with E-state index >= 15 is 0 Å². The van der Waals surface area contributed by atoms with Crippen LogP contribution in [0.15, 0.2) is 42.5 Å². The van der Waals surface area contributed by atoms with Crippen molar-refractivity contribution in [3.05, 3.63) is 48.0 Å². The number of nitrogens with one attached hydrogen (secondary N) is 1. The average Bonchev–Trinajstić information content (AvgIpc) is 2.49. The molecular formula is C16H19NO3. The zero-order chi connectivity index (χ0) is 14.4. The summed E-state index contributed by atoms with van der Waals surface area (Å²) in [7, 11) is 1.64. The van der Waals surface area contributed by atoms with Crippen LogP contribution >= 0.6 is 0 Å². The number of anilines is 1. The highest BCUT2D eigenvalue weighted by Crippen LogP contribution is 2.30. The summed E-state index contributed by atoms with van der Waals surface area (Å²) in [6.45, 7) is 2.95. The third-order valence-electron chi connectivity index (χ3n) is 2.96. The van der Waals surface area contributed by atoms with Gasteiger partial charge in [0.15, 0.2) is 11.5 Å². The topological polar surface area (TPSA) is 50.7 Å². The van der Waals surface area contributed by atoms with Gasteiger partial charge in [0, 0.05) is 17.8 Å². The molecule has 106 valence electrons. The molecule has 20 heavy (non-hydrogen) atoms. The van der Waals surface area contributed by atoms with Crippen molar-refractivity contribution in [2.24, 2.45) is 0 Å². The minimum atomic E-state index is 0.190. The van der Waals surface area contributed by atoms with Gasteiger partial charge in [-0.25, -0.2) is 0 Å². The van der Waals surface area contributed by atoms with Crippen molar-refractivity contribution in [2.75, 3.05) is 19.0 Å². The van der Waals surface area contributed by atoms with Crippen LogP contribution in [0.25, 0.3) is 0 Å². The van der Waals surface area contributed by atoms with Crippen LogP contribution in [-0.4, -0.2) is 18.8 Å². The van der Waals surface area contributed by atoms with E-state index in [-0.39, 0.29) is 5.75 Å². The first-order chi connectivity index (χ1) is 9.74. The molecule has 0 radical (unpaired) electrons. The summed E-state index contributed by atoms with van der Waals surface area (Å²) < 4.78 is 10.5. The standard InChI is InChI=1S/C16H19NO3/c1-3-20-15-6-4-5-12(16(15)18)11-17-13-7-9-14(19-2)10-8-13/h4-10,17-18H,3,11H2,1-2H3. The molecule has 0 unspecified atom stereocenters. The molecule has 0 amide bonds. The molecule has 0 aromatic heterocycles. The molecule has 0 heterocycles. The van der Waals surface area contributed by atoms with E-state index in [1.807, 2.05) is 43.3 Å². The molecule has 2 aromatic rings. The summed E-state index contributed by atoms with van der Waals surface area (Å²) in [5.41, 5.74) is 1.76. The van der Waals surface area contributed by atoms with E-state index in [4.69, 9.17) is 9.47 Å². The Balaban J connectivity index is 2.04. The molecule has 2 aromatic carbocycles. The molecule has 4 nitrogen and oxygen atoms in total. The van der Waals surface area contributed by atoms with Crippen LogP contribution in [0.2, 0.25) is 0 Å². The third-order valence-corrected chi connectivity index (χ3v) is 2.96. The largest absolute Gasteiger partial charge is 0.504 e. The van der Waals surface area contributed by atoms with Gasteiger partial charge in [0.05, 0.1) is 13.7 Å². The predicted molar refractivity (Wildman–Crippen MR) is 79.6 cm³/mol. The maximum absolute atomic E-state index is 10.1. The Morgan fingerprint density at radius 2 is 1.85 bits per heavy atom. The molecule has 0 saturated heterocycles. The maximum atomic E-state index is 10.1.